The van der Waals surface area contributed by atoms with Gasteiger partial charge in [0, 0.05) is 25.4 Å². The van der Waals surface area contributed by atoms with Crippen molar-refractivity contribution in [3.63, 3.8) is 0 Å². The molecule has 13 heavy (non-hydrogen) atoms. The van der Waals surface area contributed by atoms with Crippen LogP contribution in [0.25, 0.3) is 0 Å². The standard InChI is InChI=1S/C10H15NO2/c12-10(8-3-4-11-7-8)6-9-2-1-5-13-9/h3-4,7,9-12H,1-2,5-6H2. The van der Waals surface area contributed by atoms with Gasteiger partial charge in [0.15, 0.2) is 0 Å². The van der Waals surface area contributed by atoms with E-state index in [-0.39, 0.29) is 12.2 Å². The van der Waals surface area contributed by atoms with Crippen LogP contribution in [-0.4, -0.2) is 22.8 Å². The van der Waals surface area contributed by atoms with E-state index in [0.29, 0.717) is 0 Å². The van der Waals surface area contributed by atoms with E-state index in [0.717, 1.165) is 31.4 Å². The number of aromatic nitrogens is 1. The zero-order valence-electron chi connectivity index (χ0n) is 7.57. The smallest absolute Gasteiger partial charge is 0.0829 e. The molecule has 1 aliphatic heterocycles. The molecule has 0 amide bonds. The number of hydrogen-bond acceptors (Lipinski definition) is 2. The fourth-order valence-corrected chi connectivity index (χ4v) is 1.76. The molecule has 0 saturated carbocycles. The number of hydrogen-bond donors (Lipinski definition) is 2. The normalized spacial score (nSPS) is 24.8. The number of ether oxygens (including phenoxy) is 1. The van der Waals surface area contributed by atoms with Crippen molar-refractivity contribution in [1.29, 1.82) is 0 Å². The maximum Gasteiger partial charge on any atom is 0.0829 e. The van der Waals surface area contributed by atoms with Crippen LogP contribution in [0.3, 0.4) is 0 Å². The first-order chi connectivity index (χ1) is 6.36. The Balaban J connectivity index is 1.87. The van der Waals surface area contributed by atoms with Gasteiger partial charge in [0.1, 0.15) is 0 Å². The molecule has 0 radical (unpaired) electrons. The average molecular weight is 181 g/mol. The van der Waals surface area contributed by atoms with Crippen LogP contribution in [-0.2, 0) is 4.74 Å². The SMILES string of the molecule is OC(CC1CCCO1)c1cc[nH]c1. The van der Waals surface area contributed by atoms with Crippen molar-refractivity contribution >= 4 is 0 Å². The summed E-state index contributed by atoms with van der Waals surface area (Å²) in [6.07, 6.45) is 6.47. The van der Waals surface area contributed by atoms with E-state index in [1.165, 1.54) is 0 Å². The highest BCUT2D eigenvalue weighted by Crippen LogP contribution is 2.24. The lowest BCUT2D eigenvalue weighted by molar-refractivity contribution is 0.0535. The predicted octanol–water partition coefficient (Wildman–Crippen LogP) is 1.62. The molecule has 72 valence electrons. The molecule has 0 aliphatic carbocycles. The van der Waals surface area contributed by atoms with Gasteiger partial charge in [-0.3, -0.25) is 0 Å². The monoisotopic (exact) mass is 181 g/mol. The molecule has 2 atom stereocenters. The second kappa shape index (κ2) is 3.94. The van der Waals surface area contributed by atoms with Crippen LogP contribution in [0.15, 0.2) is 18.5 Å². The van der Waals surface area contributed by atoms with Gasteiger partial charge in [-0.15, -0.1) is 0 Å². The molecule has 1 saturated heterocycles. The lowest BCUT2D eigenvalue weighted by Gasteiger charge is -2.13. The van der Waals surface area contributed by atoms with Crippen molar-refractivity contribution in [2.75, 3.05) is 6.61 Å². The van der Waals surface area contributed by atoms with E-state index in [9.17, 15) is 5.11 Å². The quantitative estimate of drug-likeness (QED) is 0.744. The molecule has 2 rings (SSSR count). The van der Waals surface area contributed by atoms with Crippen LogP contribution >= 0.6 is 0 Å². The molecule has 2 N–H and O–H groups in total. The Morgan fingerprint density at radius 1 is 1.69 bits per heavy atom. The fourth-order valence-electron chi connectivity index (χ4n) is 1.76. The summed E-state index contributed by atoms with van der Waals surface area (Å²) in [6.45, 7) is 0.852. The van der Waals surface area contributed by atoms with Crippen LogP contribution in [0.2, 0.25) is 0 Å². The van der Waals surface area contributed by atoms with E-state index in [1.54, 1.807) is 0 Å². The number of aliphatic hydroxyl groups excluding tert-OH is 1. The topological polar surface area (TPSA) is 45.2 Å². The lowest BCUT2D eigenvalue weighted by atomic mass is 10.0. The highest BCUT2D eigenvalue weighted by atomic mass is 16.5. The lowest BCUT2D eigenvalue weighted by Crippen LogP contribution is -2.10. The number of rotatable bonds is 3. The third kappa shape index (κ3) is 2.11. The molecule has 3 nitrogen and oxygen atoms in total. The highest BCUT2D eigenvalue weighted by molar-refractivity contribution is 5.11. The summed E-state index contributed by atoms with van der Waals surface area (Å²) < 4.78 is 5.45. The van der Waals surface area contributed by atoms with Gasteiger partial charge in [0.05, 0.1) is 12.2 Å². The summed E-state index contributed by atoms with van der Waals surface area (Å²) in [5.74, 6) is 0. The Kier molecular flexibility index (Phi) is 2.66. The molecule has 0 spiro atoms. The third-order valence-electron chi connectivity index (χ3n) is 2.52. The Labute approximate surface area is 77.7 Å². The van der Waals surface area contributed by atoms with E-state index in [2.05, 4.69) is 4.98 Å². The fraction of sp³-hybridized carbons (Fsp3) is 0.600. The maximum atomic E-state index is 9.77. The van der Waals surface area contributed by atoms with Crippen molar-refractivity contribution < 1.29 is 9.84 Å². The highest BCUT2D eigenvalue weighted by Gasteiger charge is 2.20. The molecular formula is C10H15NO2. The van der Waals surface area contributed by atoms with E-state index >= 15 is 0 Å². The van der Waals surface area contributed by atoms with Crippen LogP contribution in [0, 0.1) is 0 Å². The zero-order chi connectivity index (χ0) is 9.10. The molecule has 2 heterocycles. The van der Waals surface area contributed by atoms with Crippen LogP contribution in [0.5, 0.6) is 0 Å². The number of H-pyrrole nitrogens is 1. The van der Waals surface area contributed by atoms with E-state index in [4.69, 9.17) is 4.74 Å². The average Bonchev–Trinajstić information content (AvgIpc) is 2.74. The van der Waals surface area contributed by atoms with Gasteiger partial charge in [-0.1, -0.05) is 0 Å². The van der Waals surface area contributed by atoms with Crippen molar-refractivity contribution in [2.24, 2.45) is 0 Å². The molecule has 1 aromatic rings. The van der Waals surface area contributed by atoms with Crippen molar-refractivity contribution in [3.05, 3.63) is 24.0 Å². The minimum Gasteiger partial charge on any atom is -0.388 e. The number of nitrogens with one attached hydrogen (secondary N) is 1. The van der Waals surface area contributed by atoms with Gasteiger partial charge in [0.25, 0.3) is 0 Å². The van der Waals surface area contributed by atoms with Crippen LogP contribution in [0.4, 0.5) is 0 Å². The van der Waals surface area contributed by atoms with Gasteiger partial charge in [-0.05, 0) is 24.5 Å². The van der Waals surface area contributed by atoms with Crippen LogP contribution in [0.1, 0.15) is 30.9 Å². The summed E-state index contributed by atoms with van der Waals surface area (Å²) in [5.41, 5.74) is 0.954. The van der Waals surface area contributed by atoms with E-state index < -0.39 is 0 Å². The molecular weight excluding hydrogens is 166 g/mol. The van der Waals surface area contributed by atoms with Gasteiger partial charge in [0.2, 0.25) is 0 Å². The Morgan fingerprint density at radius 2 is 2.62 bits per heavy atom. The van der Waals surface area contributed by atoms with E-state index in [1.807, 2.05) is 18.5 Å². The molecule has 1 aliphatic rings. The minimum atomic E-state index is -0.380. The molecule has 3 heteroatoms. The number of aliphatic hydroxyl groups is 1. The maximum absolute atomic E-state index is 9.77. The first kappa shape index (κ1) is 8.78. The summed E-state index contributed by atoms with van der Waals surface area (Å²) in [6, 6.07) is 1.90. The van der Waals surface area contributed by atoms with Crippen molar-refractivity contribution in [1.82, 2.24) is 4.98 Å². The third-order valence-corrected chi connectivity index (χ3v) is 2.52. The molecule has 0 bridgehead atoms. The van der Waals surface area contributed by atoms with Gasteiger partial charge in [-0.25, -0.2) is 0 Å². The Morgan fingerprint density at radius 3 is 3.23 bits per heavy atom. The zero-order valence-corrected chi connectivity index (χ0v) is 7.57. The second-order valence-electron chi connectivity index (χ2n) is 3.53. The minimum absolute atomic E-state index is 0.255. The van der Waals surface area contributed by atoms with Gasteiger partial charge in [-0.2, -0.15) is 0 Å². The molecule has 2 unspecified atom stereocenters. The largest absolute Gasteiger partial charge is 0.388 e. The van der Waals surface area contributed by atoms with Gasteiger partial charge < -0.3 is 14.8 Å². The summed E-state index contributed by atoms with van der Waals surface area (Å²) in [4.78, 5) is 2.93. The Hall–Kier alpha value is -0.800. The van der Waals surface area contributed by atoms with Crippen LogP contribution < -0.4 is 0 Å². The summed E-state index contributed by atoms with van der Waals surface area (Å²) in [7, 11) is 0. The summed E-state index contributed by atoms with van der Waals surface area (Å²) >= 11 is 0. The summed E-state index contributed by atoms with van der Waals surface area (Å²) in [5, 5.41) is 9.77. The first-order valence-electron chi connectivity index (χ1n) is 4.78. The molecule has 1 fully saturated rings. The predicted molar refractivity (Wildman–Crippen MR) is 49.3 cm³/mol. The number of aromatic amines is 1. The second-order valence-corrected chi connectivity index (χ2v) is 3.53. The molecule has 0 aromatic carbocycles. The van der Waals surface area contributed by atoms with Gasteiger partial charge >= 0.3 is 0 Å². The molecule has 1 aromatic heterocycles. The van der Waals surface area contributed by atoms with Crippen molar-refractivity contribution in [3.8, 4) is 0 Å². The Bertz CT molecular complexity index is 239. The van der Waals surface area contributed by atoms with Crippen molar-refractivity contribution in [2.45, 2.75) is 31.5 Å². The first-order valence-corrected chi connectivity index (χ1v) is 4.78.